The van der Waals surface area contributed by atoms with Crippen LogP contribution < -0.4 is 65.1 Å². The van der Waals surface area contributed by atoms with Crippen LogP contribution in [0.3, 0.4) is 0 Å². The van der Waals surface area contributed by atoms with E-state index in [1.165, 1.54) is 0 Å². The second-order valence-electron chi connectivity index (χ2n) is 17.8. The Hall–Kier alpha value is -7.52. The number of hydrogen-bond donors (Lipinski definition) is 12. The third kappa shape index (κ3) is 27.7. The van der Waals surface area contributed by atoms with Crippen molar-refractivity contribution >= 4 is 82.0 Å². The fourth-order valence-electron chi connectivity index (χ4n) is 6.94. The van der Waals surface area contributed by atoms with Gasteiger partial charge in [0, 0.05) is 26.2 Å². The number of aromatic nitrogens is 4. The molecule has 2 atom stereocenters. The molecule has 2 aromatic carbocycles. The highest BCUT2D eigenvalue weighted by Crippen LogP contribution is 2.19. The number of benzene rings is 2. The molecule has 84 heavy (non-hydrogen) atoms. The predicted molar refractivity (Wildman–Crippen MR) is 312 cm³/mol. The minimum Gasteiger partial charge on any atom is -0.491 e. The van der Waals surface area contributed by atoms with Gasteiger partial charge in [-0.25, -0.2) is 19.9 Å². The molecule has 2 aromatic heterocycles. The van der Waals surface area contributed by atoms with Crippen LogP contribution in [0.2, 0.25) is 10.3 Å². The zero-order valence-electron chi connectivity index (χ0n) is 46.4. The first-order chi connectivity index (χ1) is 40.5. The van der Waals surface area contributed by atoms with Crippen molar-refractivity contribution in [2.45, 2.75) is 50.7 Å². The van der Waals surface area contributed by atoms with Crippen LogP contribution in [-0.4, -0.2) is 197 Å². The molecular weight excluding hydrogens is 1140 g/mol. The van der Waals surface area contributed by atoms with Gasteiger partial charge < -0.3 is 93.1 Å². The van der Waals surface area contributed by atoms with Crippen LogP contribution in [0, 0.1) is 0 Å². The number of nitrogens with one attached hydrogen (secondary N) is 4. The van der Waals surface area contributed by atoms with E-state index in [0.29, 0.717) is 77.4 Å². The van der Waals surface area contributed by atoms with Crippen molar-refractivity contribution < 1.29 is 67.3 Å². The summed E-state index contributed by atoms with van der Waals surface area (Å²) in [6.07, 6.45) is 0.789. The fourth-order valence-corrected chi connectivity index (χ4v) is 7.20. The molecule has 0 spiro atoms. The Bertz CT molecular complexity index is 2520. The van der Waals surface area contributed by atoms with E-state index in [1.807, 2.05) is 48.5 Å². The molecule has 30 nitrogen and oxygen atoms in total. The van der Waals surface area contributed by atoms with Gasteiger partial charge >= 0.3 is 0 Å². The quantitative estimate of drug-likeness (QED) is 0.0152. The van der Waals surface area contributed by atoms with Gasteiger partial charge in [0.15, 0.2) is 69.1 Å². The summed E-state index contributed by atoms with van der Waals surface area (Å²) in [6, 6.07) is 15.5. The number of rotatable bonds is 41. The van der Waals surface area contributed by atoms with E-state index in [0.717, 1.165) is 49.7 Å². The largest absolute Gasteiger partial charge is 0.491 e. The molecule has 2 unspecified atom stereocenters. The number of amides is 4. The maximum Gasteiger partial charge on any atom is 0.280 e. The van der Waals surface area contributed by atoms with Crippen LogP contribution in [0.15, 0.2) is 58.5 Å². The van der Waals surface area contributed by atoms with Gasteiger partial charge in [-0.3, -0.25) is 39.8 Å². The van der Waals surface area contributed by atoms with Crippen LogP contribution >= 0.6 is 23.2 Å². The summed E-state index contributed by atoms with van der Waals surface area (Å²) in [5, 5.41) is 29.6. The molecule has 0 aliphatic rings. The number of hydrogen-bond acceptors (Lipinski definition) is 24. The standard InChI is InChI=1S/C52H76Cl2N16O14/c53-41-45(57)67-43(55)37(65-41)47(73)69-51(59)63-15-3-1-5-33-7-11-35(12-8-33)83-31-29-81-27-25-79-23-21-77-19-17-61-49(75)39(71)40(72)50(76)62-18-20-78-22-24-80-26-28-82-30-32-84-36-13-9-34(10-14-36)6-2-4-16-64-52(60)70-48(74)38-44(56)68-46(58)42(54)66-38/h7-14,39-40,71-72H,1-6,15-32H2,(H,61,75)(H,62,76)(H4,55,57,67)(H4,56,58,68)(H3,59,63,69,73)(H3,60,64,70,74). The number of carbonyl (C=O) groups excluding carboxylic acids is 4. The van der Waals surface area contributed by atoms with Gasteiger partial charge in [-0.1, -0.05) is 47.5 Å². The second-order valence-corrected chi connectivity index (χ2v) is 18.5. The number of aryl methyl sites for hydroxylation is 2. The van der Waals surface area contributed by atoms with Crippen LogP contribution in [-0.2, 0) is 50.9 Å². The monoisotopic (exact) mass is 1220 g/mol. The number of nitrogens with two attached hydrogens (primary N) is 6. The lowest BCUT2D eigenvalue weighted by atomic mass is 10.1. The number of aliphatic hydroxyl groups excluding tert-OH is 2. The summed E-state index contributed by atoms with van der Waals surface area (Å²) < 4.78 is 44.4. The Labute approximate surface area is 495 Å². The number of carbonyl (C=O) groups is 4. The van der Waals surface area contributed by atoms with E-state index < -0.39 is 35.8 Å². The Morgan fingerprint density at radius 1 is 0.464 bits per heavy atom. The highest BCUT2D eigenvalue weighted by molar-refractivity contribution is 6.32. The Morgan fingerprint density at radius 2 is 0.786 bits per heavy atom. The van der Waals surface area contributed by atoms with Gasteiger partial charge in [0.25, 0.3) is 23.6 Å². The number of aliphatic imine (C=N–C) groups is 2. The van der Waals surface area contributed by atoms with Crippen molar-refractivity contribution in [2.24, 2.45) is 21.5 Å². The molecule has 0 aliphatic carbocycles. The first-order valence-electron chi connectivity index (χ1n) is 26.7. The lowest BCUT2D eigenvalue weighted by molar-refractivity contribution is -0.146. The first kappa shape index (κ1) is 69.0. The summed E-state index contributed by atoms with van der Waals surface area (Å²) in [4.78, 5) is 72.7. The average molecular weight is 1220 g/mol. The van der Waals surface area contributed by atoms with Gasteiger partial charge in [0.1, 0.15) is 24.7 Å². The number of halogens is 2. The second kappa shape index (κ2) is 39.9. The molecule has 0 radical (unpaired) electrons. The number of guanidine groups is 2. The topological polar surface area (TPSA) is 463 Å². The van der Waals surface area contributed by atoms with Crippen molar-refractivity contribution in [1.29, 1.82) is 0 Å². The zero-order chi connectivity index (χ0) is 60.9. The van der Waals surface area contributed by atoms with Gasteiger partial charge in [0.2, 0.25) is 0 Å². The van der Waals surface area contributed by atoms with Crippen LogP contribution in [0.4, 0.5) is 23.3 Å². The number of aliphatic hydroxyl groups is 2. The number of ether oxygens (including phenoxy) is 8. The minimum absolute atomic E-state index is 0.0293. The number of nitrogens with zero attached hydrogens (tertiary/aromatic N) is 6. The molecule has 4 amide bonds. The van der Waals surface area contributed by atoms with Crippen molar-refractivity contribution in [3.05, 3.63) is 81.4 Å². The molecule has 0 saturated heterocycles. The first-order valence-corrected chi connectivity index (χ1v) is 27.5. The minimum atomic E-state index is -1.99. The third-order valence-corrected chi connectivity index (χ3v) is 11.8. The van der Waals surface area contributed by atoms with E-state index in [9.17, 15) is 29.4 Å². The molecule has 0 fully saturated rings. The molecule has 18 N–H and O–H groups in total. The van der Waals surface area contributed by atoms with Gasteiger partial charge in [-0.2, -0.15) is 0 Å². The average Bonchev–Trinajstić information content (AvgIpc) is 3.65. The number of nitrogen functional groups attached to an aromatic ring is 4. The fraction of sp³-hybridized carbons (Fsp3) is 0.500. The summed E-state index contributed by atoms with van der Waals surface area (Å²) >= 11 is 11.6. The van der Waals surface area contributed by atoms with Crippen LogP contribution in [0.5, 0.6) is 11.5 Å². The lowest BCUT2D eigenvalue weighted by Gasteiger charge is -2.17. The lowest BCUT2D eigenvalue weighted by Crippen LogP contribution is -2.50. The predicted octanol–water partition coefficient (Wildman–Crippen LogP) is -0.451. The van der Waals surface area contributed by atoms with Crippen LogP contribution in [0.25, 0.3) is 0 Å². The van der Waals surface area contributed by atoms with E-state index in [2.05, 4.69) is 51.2 Å². The van der Waals surface area contributed by atoms with E-state index >= 15 is 0 Å². The molecule has 4 rings (SSSR count). The molecule has 0 bridgehead atoms. The Morgan fingerprint density at radius 3 is 1.13 bits per heavy atom. The zero-order valence-corrected chi connectivity index (χ0v) is 48.0. The maximum absolute atomic E-state index is 12.4. The molecule has 0 aliphatic heterocycles. The molecule has 0 saturated carbocycles. The van der Waals surface area contributed by atoms with Crippen LogP contribution in [0.1, 0.15) is 57.8 Å². The van der Waals surface area contributed by atoms with Crippen molar-refractivity contribution in [2.75, 3.05) is 142 Å². The molecular formula is C52H76Cl2N16O14. The summed E-state index contributed by atoms with van der Waals surface area (Å²) in [7, 11) is 0. The molecule has 32 heteroatoms. The van der Waals surface area contributed by atoms with E-state index in [1.54, 1.807) is 0 Å². The van der Waals surface area contributed by atoms with Gasteiger partial charge in [-0.15, -0.1) is 0 Å². The summed E-state index contributed by atoms with van der Waals surface area (Å²) in [5.41, 5.74) is 35.9. The summed E-state index contributed by atoms with van der Waals surface area (Å²) in [5.74, 6) is -2.55. The molecule has 2 heterocycles. The maximum atomic E-state index is 12.4. The highest BCUT2D eigenvalue weighted by Gasteiger charge is 2.30. The van der Waals surface area contributed by atoms with Gasteiger partial charge in [-0.05, 0) is 73.9 Å². The van der Waals surface area contributed by atoms with Crippen molar-refractivity contribution in [1.82, 2.24) is 41.2 Å². The smallest absolute Gasteiger partial charge is 0.280 e. The number of anilines is 4. The Kier molecular flexibility index (Phi) is 32.7. The van der Waals surface area contributed by atoms with Gasteiger partial charge in [0.05, 0.1) is 79.3 Å². The Balaban J connectivity index is 0.866. The van der Waals surface area contributed by atoms with Crippen molar-refractivity contribution in [3.63, 3.8) is 0 Å². The van der Waals surface area contributed by atoms with E-state index in [-0.39, 0.29) is 110 Å². The highest BCUT2D eigenvalue weighted by atomic mass is 35.5. The molecule has 4 aromatic rings. The van der Waals surface area contributed by atoms with Crippen molar-refractivity contribution in [3.8, 4) is 11.5 Å². The normalized spacial score (nSPS) is 12.3. The van der Waals surface area contributed by atoms with E-state index in [4.69, 9.17) is 95.5 Å². The number of unbranched alkanes of at least 4 members (excludes halogenated alkanes) is 2. The third-order valence-electron chi connectivity index (χ3n) is 11.3. The summed E-state index contributed by atoms with van der Waals surface area (Å²) in [6.45, 7) is 4.90. The SMILES string of the molecule is NC(=NCCCCc1ccc(OCCOCCOCCOCCNC(=O)C(O)C(O)C(=O)NCCOCCOCCOCCOc2ccc(CCCCN=C(N)NC(=O)c3nc(Cl)c(N)nc3N)cc2)cc1)NC(=O)c1nc(Cl)c(N)nc1N. The molecule has 462 valence electrons.